The lowest BCUT2D eigenvalue weighted by Gasteiger charge is -2.46. The topological polar surface area (TPSA) is 155 Å². The third-order valence-electron chi connectivity index (χ3n) is 6.07. The molecule has 34 heavy (non-hydrogen) atoms. The van der Waals surface area contributed by atoms with E-state index in [0.717, 1.165) is 0 Å². The molecule has 172 valence electrons. The Morgan fingerprint density at radius 3 is 2.59 bits per heavy atom. The predicted molar refractivity (Wildman–Crippen MR) is 129 cm³/mol. The Morgan fingerprint density at radius 1 is 1.15 bits per heavy atom. The Balaban J connectivity index is 1.80. The van der Waals surface area contributed by atoms with Crippen LogP contribution in [-0.2, 0) is 10.0 Å². The Labute approximate surface area is 196 Å². The van der Waals surface area contributed by atoms with E-state index < -0.39 is 26.7 Å². The quantitative estimate of drug-likeness (QED) is 0.258. The number of rotatable bonds is 4. The summed E-state index contributed by atoms with van der Waals surface area (Å²) in [5.41, 5.74) is 8.02. The number of allylic oxidation sites excluding steroid dienone is 1. The fraction of sp³-hybridized carbons (Fsp3) is 0.0870. The first kappa shape index (κ1) is 21.8. The number of pyridine rings is 1. The number of nitrogens with zero attached hydrogens (tertiary/aromatic N) is 3. The van der Waals surface area contributed by atoms with Gasteiger partial charge in [0, 0.05) is 35.5 Å². The lowest BCUT2D eigenvalue weighted by molar-refractivity contribution is 0.200. The lowest BCUT2D eigenvalue weighted by atomic mass is 10.0. The average Bonchev–Trinajstić information content (AvgIpc) is 3.08. The van der Waals surface area contributed by atoms with Crippen molar-refractivity contribution in [3.8, 4) is 0 Å². The molecule has 5 rings (SSSR count). The van der Waals surface area contributed by atoms with Crippen molar-refractivity contribution < 1.29 is 13.2 Å². The van der Waals surface area contributed by atoms with Crippen molar-refractivity contribution in [1.82, 2.24) is 9.58 Å². The molecule has 11 heteroatoms. The molecule has 0 radical (unpaired) electrons. The predicted octanol–water partition coefficient (Wildman–Crippen LogP) is 2.95. The average molecular weight is 477 g/mol. The van der Waals surface area contributed by atoms with Gasteiger partial charge in [0.15, 0.2) is 11.7 Å². The summed E-state index contributed by atoms with van der Waals surface area (Å²) in [6, 6.07) is 15.8. The number of nitrogens with one attached hydrogen (secondary N) is 2. The number of nitrogen functional groups attached to an aromatic ring is 1. The number of hydrogen-bond acceptors (Lipinski definition) is 6. The Kier molecular flexibility index (Phi) is 4.79. The van der Waals surface area contributed by atoms with Crippen LogP contribution in [0, 0.1) is 5.41 Å². The van der Waals surface area contributed by atoms with Gasteiger partial charge in [0.05, 0.1) is 5.70 Å². The number of fused-ring (bicyclic) bond motifs is 6. The molecule has 0 saturated heterocycles. The lowest BCUT2D eigenvalue weighted by Crippen LogP contribution is -2.66. The number of primary sulfonamides is 1. The van der Waals surface area contributed by atoms with Crippen LogP contribution < -0.4 is 25.8 Å². The second-order valence-corrected chi connectivity index (χ2v) is 9.60. The van der Waals surface area contributed by atoms with Crippen molar-refractivity contribution in [2.45, 2.75) is 17.9 Å². The molecule has 0 aliphatic carbocycles. The van der Waals surface area contributed by atoms with Crippen molar-refractivity contribution in [2.24, 2.45) is 10.9 Å². The maximum atomic E-state index is 14.2. The molecule has 1 aromatic heterocycles. The number of carbonyl (C=O) groups is 1. The summed E-state index contributed by atoms with van der Waals surface area (Å²) in [4.78, 5) is 18.4. The third kappa shape index (κ3) is 3.02. The number of amidine groups is 1. The Morgan fingerprint density at radius 2 is 1.91 bits per heavy atom. The van der Waals surface area contributed by atoms with Gasteiger partial charge in [-0.15, -0.1) is 0 Å². The van der Waals surface area contributed by atoms with Crippen LogP contribution in [0.2, 0.25) is 0 Å². The number of amides is 2. The van der Waals surface area contributed by atoms with Crippen LogP contribution in [-0.4, -0.2) is 25.3 Å². The van der Waals surface area contributed by atoms with E-state index in [1.807, 2.05) is 6.08 Å². The highest BCUT2D eigenvalue weighted by atomic mass is 32.2. The summed E-state index contributed by atoms with van der Waals surface area (Å²) in [6.07, 6.45) is 3.40. The summed E-state index contributed by atoms with van der Waals surface area (Å²) in [5.74, 6) is 0.185. The molecule has 2 atom stereocenters. The van der Waals surface area contributed by atoms with Crippen LogP contribution >= 0.6 is 0 Å². The van der Waals surface area contributed by atoms with Crippen LogP contribution in [0.4, 0.5) is 22.0 Å². The highest BCUT2D eigenvalue weighted by Crippen LogP contribution is 2.55. The molecule has 2 aliphatic rings. The van der Waals surface area contributed by atoms with Crippen molar-refractivity contribution in [3.63, 3.8) is 0 Å². The first-order valence-corrected chi connectivity index (χ1v) is 11.9. The number of anilines is 2. The normalized spacial score (nSPS) is 20.6. The summed E-state index contributed by atoms with van der Waals surface area (Å²) >= 11 is 0. The second-order valence-electron chi connectivity index (χ2n) is 8.10. The van der Waals surface area contributed by atoms with Gasteiger partial charge in [-0.3, -0.25) is 10.7 Å². The van der Waals surface area contributed by atoms with E-state index in [1.54, 1.807) is 78.8 Å². The fourth-order valence-corrected chi connectivity index (χ4v) is 5.77. The maximum absolute atomic E-state index is 14.2. The molecule has 0 saturated carbocycles. The largest absolute Gasteiger partial charge is 0.453 e. The second kappa shape index (κ2) is 7.48. The van der Waals surface area contributed by atoms with E-state index in [-0.39, 0.29) is 16.4 Å². The molecule has 2 aliphatic heterocycles. The van der Waals surface area contributed by atoms with Crippen molar-refractivity contribution >= 4 is 39.1 Å². The number of sulfonamides is 1. The van der Waals surface area contributed by atoms with Crippen molar-refractivity contribution in [1.29, 1.82) is 5.41 Å². The molecular formula is C23H22N7O3S+. The van der Waals surface area contributed by atoms with Gasteiger partial charge in [-0.1, -0.05) is 34.9 Å². The molecule has 2 amide bonds. The zero-order valence-corrected chi connectivity index (χ0v) is 19.0. The van der Waals surface area contributed by atoms with E-state index in [0.29, 0.717) is 28.3 Å². The minimum absolute atomic E-state index is 0.0183. The molecule has 6 N–H and O–H groups in total. The number of quaternary nitrogens is 1. The van der Waals surface area contributed by atoms with Gasteiger partial charge in [-0.05, 0) is 25.1 Å². The molecule has 3 aromatic rings. The van der Waals surface area contributed by atoms with Gasteiger partial charge in [0.25, 0.3) is 0 Å². The Bertz CT molecular complexity index is 1490. The van der Waals surface area contributed by atoms with Crippen LogP contribution in [0.3, 0.4) is 0 Å². The zero-order chi connectivity index (χ0) is 24.3. The molecular weight excluding hydrogens is 454 g/mol. The van der Waals surface area contributed by atoms with Crippen molar-refractivity contribution in [2.75, 3.05) is 10.3 Å². The number of urea groups is 1. The molecule has 10 nitrogen and oxygen atoms in total. The van der Waals surface area contributed by atoms with E-state index in [9.17, 15) is 13.2 Å². The SMILES string of the molecule is CC1=CC2c3cccc(c3S(N)(=O)=O)N1[N+]2(C(=O)Nc1ccccn1)c1cccc(C(=N)N)c1. The minimum atomic E-state index is -4.10. The standard InChI is InChI=1S/C23H21N7O3S/c1-14-12-19-17-8-5-9-18(21(17)34(26,32)33)29(14)30(19,16-7-4-6-15(13-16)22(24)25)23(31)28-20-10-2-3-11-27-20/h2-13,19H,1H3,(H5-,24,25,26,27,28,31,32,33)/p+1. The number of carbonyl (C=O) groups excluding carboxylic acids is 1. The van der Waals surface area contributed by atoms with Gasteiger partial charge < -0.3 is 5.73 Å². The van der Waals surface area contributed by atoms with Crippen LogP contribution in [0.15, 0.2) is 83.5 Å². The highest BCUT2D eigenvalue weighted by molar-refractivity contribution is 7.89. The number of hydrogen-bond donors (Lipinski definition) is 4. The van der Waals surface area contributed by atoms with Crippen LogP contribution in [0.1, 0.15) is 24.1 Å². The summed E-state index contributed by atoms with van der Waals surface area (Å²) < 4.78 is 24.8. The smallest absolute Gasteiger partial charge is 0.384 e. The molecule has 3 heterocycles. The number of nitrogens with two attached hydrogens (primary N) is 2. The molecule has 0 fully saturated rings. The summed E-state index contributed by atoms with van der Waals surface area (Å²) in [5, 5.41) is 18.0. The molecule has 4 bridgehead atoms. The summed E-state index contributed by atoms with van der Waals surface area (Å²) in [7, 11) is -4.10. The number of aromatic nitrogens is 1. The van der Waals surface area contributed by atoms with Gasteiger partial charge in [0.2, 0.25) is 10.0 Å². The van der Waals surface area contributed by atoms with Gasteiger partial charge >= 0.3 is 6.03 Å². The van der Waals surface area contributed by atoms with E-state index in [4.69, 9.17) is 16.3 Å². The van der Waals surface area contributed by atoms with Crippen molar-refractivity contribution in [3.05, 3.63) is 89.8 Å². The van der Waals surface area contributed by atoms with Gasteiger partial charge in [-0.25, -0.2) is 23.3 Å². The van der Waals surface area contributed by atoms with Gasteiger partial charge in [0.1, 0.15) is 22.2 Å². The van der Waals surface area contributed by atoms with E-state index >= 15 is 0 Å². The monoisotopic (exact) mass is 476 g/mol. The highest BCUT2D eigenvalue weighted by Gasteiger charge is 2.62. The minimum Gasteiger partial charge on any atom is -0.384 e. The first-order chi connectivity index (χ1) is 16.2. The maximum Gasteiger partial charge on any atom is 0.453 e. The Hall–Kier alpha value is -4.06. The molecule has 0 spiro atoms. The third-order valence-corrected chi connectivity index (χ3v) is 7.08. The first-order valence-electron chi connectivity index (χ1n) is 10.4. The fourth-order valence-electron chi connectivity index (χ4n) is 4.81. The van der Waals surface area contributed by atoms with E-state index in [1.165, 1.54) is 0 Å². The van der Waals surface area contributed by atoms with Gasteiger partial charge in [-0.2, -0.15) is 5.01 Å². The molecule has 2 unspecified atom stereocenters. The molecule has 2 aromatic carbocycles. The van der Waals surface area contributed by atoms with Crippen LogP contribution in [0.25, 0.3) is 0 Å². The number of benzene rings is 2. The summed E-state index contributed by atoms with van der Waals surface area (Å²) in [6.45, 7) is 1.80. The zero-order valence-electron chi connectivity index (χ0n) is 18.1. The van der Waals surface area contributed by atoms with E-state index in [2.05, 4.69) is 10.3 Å². The van der Waals surface area contributed by atoms with Crippen LogP contribution in [0.5, 0.6) is 0 Å².